The molecule has 0 unspecified atom stereocenters. The molecular formula is C22H32N2O3. The van der Waals surface area contributed by atoms with E-state index in [4.69, 9.17) is 0 Å². The van der Waals surface area contributed by atoms with E-state index in [0.717, 1.165) is 24.9 Å². The maximum Gasteiger partial charge on any atom is 0.246 e. The van der Waals surface area contributed by atoms with Crippen LogP contribution in [0.2, 0.25) is 0 Å². The van der Waals surface area contributed by atoms with Crippen molar-refractivity contribution in [3.8, 4) is 0 Å². The lowest BCUT2D eigenvalue weighted by Crippen LogP contribution is -2.52. The number of anilines is 1. The van der Waals surface area contributed by atoms with Crippen LogP contribution < -0.4 is 4.90 Å². The molecule has 0 spiro atoms. The van der Waals surface area contributed by atoms with Crippen LogP contribution in [-0.4, -0.2) is 42.1 Å². The predicted octanol–water partition coefficient (Wildman–Crippen LogP) is 3.92. The smallest absolute Gasteiger partial charge is 0.246 e. The van der Waals surface area contributed by atoms with Gasteiger partial charge in [0.05, 0.1) is 0 Å². The van der Waals surface area contributed by atoms with Crippen LogP contribution in [0.15, 0.2) is 24.3 Å². The molecule has 5 heteroatoms. The summed E-state index contributed by atoms with van der Waals surface area (Å²) in [7, 11) is 0. The Morgan fingerprint density at radius 2 is 1.81 bits per heavy atom. The zero-order valence-corrected chi connectivity index (χ0v) is 17.0. The topological polar surface area (TPSA) is 57.7 Å². The summed E-state index contributed by atoms with van der Waals surface area (Å²) in [6, 6.07) is 7.22. The summed E-state index contributed by atoms with van der Waals surface area (Å²) >= 11 is 0. The van der Waals surface area contributed by atoms with Gasteiger partial charge in [0.15, 0.2) is 5.78 Å². The molecule has 0 aliphatic carbocycles. The molecule has 1 fully saturated rings. The lowest BCUT2D eigenvalue weighted by Gasteiger charge is -2.34. The van der Waals surface area contributed by atoms with E-state index in [1.165, 1.54) is 0 Å². The molecule has 1 saturated heterocycles. The lowest BCUT2D eigenvalue weighted by molar-refractivity contribution is -0.137. The molecule has 2 rings (SSSR count). The predicted molar refractivity (Wildman–Crippen MR) is 108 cm³/mol. The van der Waals surface area contributed by atoms with E-state index in [9.17, 15) is 14.4 Å². The van der Waals surface area contributed by atoms with Crippen molar-refractivity contribution in [3.63, 3.8) is 0 Å². The summed E-state index contributed by atoms with van der Waals surface area (Å²) < 4.78 is 0. The highest BCUT2D eigenvalue weighted by molar-refractivity contribution is 6.01. The largest absolute Gasteiger partial charge is 0.332 e. The van der Waals surface area contributed by atoms with Gasteiger partial charge in [-0.1, -0.05) is 52.7 Å². The van der Waals surface area contributed by atoms with E-state index >= 15 is 0 Å². The zero-order valence-electron chi connectivity index (χ0n) is 17.0. The van der Waals surface area contributed by atoms with Gasteiger partial charge in [-0.2, -0.15) is 0 Å². The van der Waals surface area contributed by atoms with Gasteiger partial charge < -0.3 is 9.80 Å². The van der Waals surface area contributed by atoms with Crippen LogP contribution in [0.1, 0.15) is 63.7 Å². The van der Waals surface area contributed by atoms with Gasteiger partial charge in [-0.3, -0.25) is 14.4 Å². The van der Waals surface area contributed by atoms with Crippen LogP contribution in [-0.2, 0) is 9.59 Å². The second-order valence-corrected chi connectivity index (χ2v) is 8.07. The third-order valence-electron chi connectivity index (χ3n) is 4.96. The Kier molecular flexibility index (Phi) is 7.57. The van der Waals surface area contributed by atoms with Crippen molar-refractivity contribution in [1.82, 2.24) is 4.90 Å². The molecule has 2 amide bonds. The number of hydrogen-bond acceptors (Lipinski definition) is 3. The quantitative estimate of drug-likeness (QED) is 0.513. The van der Waals surface area contributed by atoms with Crippen LogP contribution in [0.4, 0.5) is 5.69 Å². The number of amides is 2. The third kappa shape index (κ3) is 5.91. The molecule has 1 aliphatic heterocycles. The maximum atomic E-state index is 12.6. The van der Waals surface area contributed by atoms with Crippen molar-refractivity contribution >= 4 is 23.3 Å². The fourth-order valence-corrected chi connectivity index (χ4v) is 3.31. The fourth-order valence-electron chi connectivity index (χ4n) is 3.31. The summed E-state index contributed by atoms with van der Waals surface area (Å²) in [6.45, 7) is 9.22. The minimum atomic E-state index is -0.0917. The monoisotopic (exact) mass is 372 g/mol. The summed E-state index contributed by atoms with van der Waals surface area (Å²) in [6.07, 6.45) is 3.57. The first-order chi connectivity index (χ1) is 12.8. The molecule has 0 saturated carbocycles. The van der Waals surface area contributed by atoms with Crippen LogP contribution in [0.5, 0.6) is 0 Å². The van der Waals surface area contributed by atoms with E-state index in [1.54, 1.807) is 21.9 Å². The van der Waals surface area contributed by atoms with Gasteiger partial charge >= 0.3 is 0 Å². The highest BCUT2D eigenvalue weighted by Gasteiger charge is 2.28. The molecule has 0 bridgehead atoms. The first-order valence-corrected chi connectivity index (χ1v) is 10.0. The highest BCUT2D eigenvalue weighted by Crippen LogP contribution is 2.21. The van der Waals surface area contributed by atoms with Gasteiger partial charge in [0.2, 0.25) is 11.8 Å². The third-order valence-corrected chi connectivity index (χ3v) is 4.96. The average Bonchev–Trinajstić information content (AvgIpc) is 2.64. The van der Waals surface area contributed by atoms with Crippen molar-refractivity contribution in [2.24, 2.45) is 11.8 Å². The Bertz CT molecular complexity index is 682. The average molecular weight is 373 g/mol. The van der Waals surface area contributed by atoms with Crippen LogP contribution >= 0.6 is 0 Å². The van der Waals surface area contributed by atoms with Crippen molar-refractivity contribution in [2.45, 2.75) is 53.4 Å². The molecule has 1 aromatic carbocycles. The van der Waals surface area contributed by atoms with Gasteiger partial charge in [-0.15, -0.1) is 0 Å². The van der Waals surface area contributed by atoms with E-state index in [-0.39, 0.29) is 30.1 Å². The minimum Gasteiger partial charge on any atom is -0.332 e. The van der Waals surface area contributed by atoms with E-state index in [1.807, 2.05) is 26.0 Å². The molecule has 0 radical (unpaired) electrons. The summed E-state index contributed by atoms with van der Waals surface area (Å²) in [5.41, 5.74) is 1.36. The Morgan fingerprint density at radius 3 is 2.44 bits per heavy atom. The molecule has 1 aromatic rings. The first-order valence-electron chi connectivity index (χ1n) is 10.0. The Balaban J connectivity index is 1.93. The first kappa shape index (κ1) is 21.1. The van der Waals surface area contributed by atoms with Crippen LogP contribution in [0.3, 0.4) is 0 Å². The van der Waals surface area contributed by atoms with Gasteiger partial charge in [-0.05, 0) is 24.5 Å². The molecular weight excluding hydrogens is 340 g/mol. The second kappa shape index (κ2) is 9.67. The van der Waals surface area contributed by atoms with Crippen molar-refractivity contribution in [2.75, 3.05) is 24.5 Å². The number of hydrogen-bond donors (Lipinski definition) is 0. The van der Waals surface area contributed by atoms with Gasteiger partial charge in [-0.25, -0.2) is 0 Å². The summed E-state index contributed by atoms with van der Waals surface area (Å²) in [5.74, 6) is 0.616. The zero-order chi connectivity index (χ0) is 20.0. The molecule has 0 N–H and O–H groups in total. The molecule has 27 heavy (non-hydrogen) atoms. The number of rotatable bonds is 8. The summed E-state index contributed by atoms with van der Waals surface area (Å²) in [4.78, 5) is 40.5. The van der Waals surface area contributed by atoms with Gasteiger partial charge in [0.25, 0.3) is 0 Å². The Morgan fingerprint density at radius 1 is 1.07 bits per heavy atom. The number of piperazine rings is 1. The molecule has 0 aromatic heterocycles. The Hall–Kier alpha value is -2.17. The van der Waals surface area contributed by atoms with Crippen LogP contribution in [0.25, 0.3) is 0 Å². The Labute approximate surface area is 162 Å². The standard InChI is InChI=1S/C22H32N2O3/c1-16(2)8-5-6-11-20(25)23-12-13-24(21(26)15-23)19-10-7-9-18(14-19)22(27)17(3)4/h7,9-10,14,16-17H,5-6,8,11-13,15H2,1-4H3. The van der Waals surface area contributed by atoms with Crippen LogP contribution in [0, 0.1) is 11.8 Å². The van der Waals surface area contributed by atoms with Crippen molar-refractivity contribution in [1.29, 1.82) is 0 Å². The SMILES string of the molecule is CC(C)CCCCC(=O)N1CCN(c2cccc(C(=O)C(C)C)c2)C(=O)C1. The van der Waals surface area contributed by atoms with E-state index in [0.29, 0.717) is 31.0 Å². The maximum absolute atomic E-state index is 12.6. The van der Waals surface area contributed by atoms with Gasteiger partial charge in [0, 0.05) is 36.7 Å². The van der Waals surface area contributed by atoms with Gasteiger partial charge in [0.1, 0.15) is 6.54 Å². The lowest BCUT2D eigenvalue weighted by atomic mass is 10.0. The van der Waals surface area contributed by atoms with E-state index in [2.05, 4.69) is 13.8 Å². The molecule has 0 atom stereocenters. The fraction of sp³-hybridized carbons (Fsp3) is 0.591. The van der Waals surface area contributed by atoms with E-state index < -0.39 is 0 Å². The number of ketones is 1. The second-order valence-electron chi connectivity index (χ2n) is 8.07. The molecule has 1 heterocycles. The number of Topliss-reactive ketones (excluding diaryl/α,β-unsaturated/α-hetero) is 1. The number of carbonyl (C=O) groups is 3. The number of carbonyl (C=O) groups excluding carboxylic acids is 3. The van der Waals surface area contributed by atoms with Crippen molar-refractivity contribution in [3.05, 3.63) is 29.8 Å². The molecule has 1 aliphatic rings. The molecule has 148 valence electrons. The molecule has 5 nitrogen and oxygen atoms in total. The summed E-state index contributed by atoms with van der Waals surface area (Å²) in [5, 5.41) is 0. The number of benzene rings is 1. The van der Waals surface area contributed by atoms with Crippen molar-refractivity contribution < 1.29 is 14.4 Å². The highest BCUT2D eigenvalue weighted by atomic mass is 16.2. The normalized spacial score (nSPS) is 15.0. The minimum absolute atomic E-state index is 0.0653. The number of unbranched alkanes of at least 4 members (excludes halogenated alkanes) is 1. The number of nitrogens with zero attached hydrogens (tertiary/aromatic N) is 2.